The number of anilines is 1. The van der Waals surface area contributed by atoms with E-state index in [-0.39, 0.29) is 22.5 Å². The summed E-state index contributed by atoms with van der Waals surface area (Å²) in [6.45, 7) is 0.340. The number of nitro benzene ring substituents is 1. The van der Waals surface area contributed by atoms with Gasteiger partial charge in [-0.25, -0.2) is 4.63 Å². The molecule has 8 nitrogen and oxygen atoms in total. The standard InChI is InChI=1S/C13H10N4O4/c18-11-4-2-1-3-8(11)7-14-9-5-6-10(17(19)20)13-12(9)15-21-16-13/h1-6,14,18H,7H2. The van der Waals surface area contributed by atoms with Gasteiger partial charge in [-0.15, -0.1) is 0 Å². The van der Waals surface area contributed by atoms with Gasteiger partial charge in [-0.2, -0.15) is 0 Å². The number of fused-ring (bicyclic) bond motifs is 1. The molecular formula is C13H10N4O4. The summed E-state index contributed by atoms with van der Waals surface area (Å²) in [7, 11) is 0. The van der Waals surface area contributed by atoms with Crippen molar-refractivity contribution in [3.05, 3.63) is 52.1 Å². The van der Waals surface area contributed by atoms with Crippen LogP contribution in [0.4, 0.5) is 11.4 Å². The minimum absolute atomic E-state index is 0.0854. The molecule has 0 aliphatic carbocycles. The van der Waals surface area contributed by atoms with Crippen molar-refractivity contribution in [2.45, 2.75) is 6.54 Å². The molecule has 21 heavy (non-hydrogen) atoms. The van der Waals surface area contributed by atoms with Gasteiger partial charge in [-0.3, -0.25) is 10.1 Å². The van der Waals surface area contributed by atoms with E-state index in [2.05, 4.69) is 20.3 Å². The van der Waals surface area contributed by atoms with E-state index in [0.29, 0.717) is 17.8 Å². The van der Waals surface area contributed by atoms with Crippen LogP contribution in [0.5, 0.6) is 5.75 Å². The van der Waals surface area contributed by atoms with E-state index < -0.39 is 4.92 Å². The molecule has 0 radical (unpaired) electrons. The molecule has 106 valence electrons. The van der Waals surface area contributed by atoms with Crippen LogP contribution in [0.25, 0.3) is 11.0 Å². The van der Waals surface area contributed by atoms with Gasteiger partial charge in [-0.1, -0.05) is 18.2 Å². The molecule has 0 aliphatic rings. The Labute approximate surface area is 118 Å². The van der Waals surface area contributed by atoms with Crippen LogP contribution in [-0.4, -0.2) is 20.3 Å². The number of hydrogen-bond donors (Lipinski definition) is 2. The number of rotatable bonds is 4. The first-order valence-electron chi connectivity index (χ1n) is 6.07. The number of non-ortho nitro benzene ring substituents is 1. The van der Waals surface area contributed by atoms with Gasteiger partial charge in [0, 0.05) is 18.2 Å². The Hall–Kier alpha value is -3.16. The van der Waals surface area contributed by atoms with Crippen LogP contribution in [0.3, 0.4) is 0 Å². The summed E-state index contributed by atoms with van der Waals surface area (Å²) in [5.74, 6) is 0.168. The summed E-state index contributed by atoms with van der Waals surface area (Å²) in [5.41, 5.74) is 1.43. The molecule has 0 bridgehead atoms. The van der Waals surface area contributed by atoms with E-state index in [1.165, 1.54) is 12.1 Å². The fourth-order valence-electron chi connectivity index (χ4n) is 1.99. The van der Waals surface area contributed by atoms with Crippen molar-refractivity contribution in [1.29, 1.82) is 0 Å². The summed E-state index contributed by atoms with van der Waals surface area (Å²) in [4.78, 5) is 10.3. The predicted octanol–water partition coefficient (Wildman–Crippen LogP) is 2.45. The van der Waals surface area contributed by atoms with Crippen molar-refractivity contribution in [2.75, 3.05) is 5.32 Å². The van der Waals surface area contributed by atoms with Crippen LogP contribution in [-0.2, 0) is 6.54 Å². The molecule has 3 aromatic rings. The second-order valence-corrected chi connectivity index (χ2v) is 4.33. The average molecular weight is 286 g/mol. The van der Waals surface area contributed by atoms with Crippen molar-refractivity contribution in [3.8, 4) is 5.75 Å². The number of benzene rings is 2. The Morgan fingerprint density at radius 1 is 1.19 bits per heavy atom. The number of phenols is 1. The summed E-state index contributed by atoms with van der Waals surface area (Å²) in [5, 5.41) is 30.9. The maximum absolute atomic E-state index is 10.9. The summed E-state index contributed by atoms with van der Waals surface area (Å²) < 4.78 is 4.58. The molecule has 2 aromatic carbocycles. The highest BCUT2D eigenvalue weighted by Crippen LogP contribution is 2.29. The number of nitro groups is 1. The number of aromatic nitrogens is 2. The lowest BCUT2D eigenvalue weighted by molar-refractivity contribution is -0.383. The number of hydrogen-bond acceptors (Lipinski definition) is 7. The first-order chi connectivity index (χ1) is 10.2. The van der Waals surface area contributed by atoms with Crippen LogP contribution in [0.1, 0.15) is 5.56 Å². The molecule has 0 aliphatic heterocycles. The van der Waals surface area contributed by atoms with Gasteiger partial charge in [0.05, 0.1) is 10.6 Å². The predicted molar refractivity (Wildman–Crippen MR) is 73.9 cm³/mol. The zero-order valence-electron chi connectivity index (χ0n) is 10.7. The van der Waals surface area contributed by atoms with E-state index in [0.717, 1.165) is 0 Å². The van der Waals surface area contributed by atoms with Crippen molar-refractivity contribution < 1.29 is 14.7 Å². The molecule has 0 saturated carbocycles. The normalized spacial score (nSPS) is 10.7. The molecular weight excluding hydrogens is 276 g/mol. The molecule has 0 fully saturated rings. The maximum Gasteiger partial charge on any atom is 0.300 e. The van der Waals surface area contributed by atoms with Crippen LogP contribution in [0.2, 0.25) is 0 Å². The van der Waals surface area contributed by atoms with E-state index >= 15 is 0 Å². The molecule has 0 unspecified atom stereocenters. The first kappa shape index (κ1) is 12.9. The van der Waals surface area contributed by atoms with Crippen molar-refractivity contribution >= 4 is 22.4 Å². The lowest BCUT2D eigenvalue weighted by atomic mass is 10.2. The zero-order valence-corrected chi connectivity index (χ0v) is 10.7. The lowest BCUT2D eigenvalue weighted by Crippen LogP contribution is -2.01. The SMILES string of the molecule is O=[N+]([O-])c1ccc(NCc2ccccc2O)c2nonc12. The fourth-order valence-corrected chi connectivity index (χ4v) is 1.99. The third-order valence-corrected chi connectivity index (χ3v) is 3.05. The average Bonchev–Trinajstić information content (AvgIpc) is 2.95. The number of nitrogens with one attached hydrogen (secondary N) is 1. The van der Waals surface area contributed by atoms with E-state index in [4.69, 9.17) is 0 Å². The summed E-state index contributed by atoms with van der Waals surface area (Å²) in [6, 6.07) is 9.75. The van der Waals surface area contributed by atoms with Crippen molar-refractivity contribution in [2.24, 2.45) is 0 Å². The highest BCUT2D eigenvalue weighted by Gasteiger charge is 2.19. The molecule has 3 rings (SSSR count). The molecule has 0 spiro atoms. The minimum Gasteiger partial charge on any atom is -0.508 e. The highest BCUT2D eigenvalue weighted by molar-refractivity contribution is 5.93. The van der Waals surface area contributed by atoms with Gasteiger partial charge in [0.1, 0.15) is 5.75 Å². The van der Waals surface area contributed by atoms with Gasteiger partial charge in [0.15, 0.2) is 5.52 Å². The Balaban J connectivity index is 1.92. The maximum atomic E-state index is 10.9. The highest BCUT2D eigenvalue weighted by atomic mass is 16.6. The number of para-hydroxylation sites is 1. The molecule has 2 N–H and O–H groups in total. The van der Waals surface area contributed by atoms with Gasteiger partial charge in [0.2, 0.25) is 5.52 Å². The van der Waals surface area contributed by atoms with Crippen molar-refractivity contribution in [3.63, 3.8) is 0 Å². The second-order valence-electron chi connectivity index (χ2n) is 4.33. The Morgan fingerprint density at radius 2 is 1.95 bits per heavy atom. The minimum atomic E-state index is -0.542. The lowest BCUT2D eigenvalue weighted by Gasteiger charge is -2.07. The topological polar surface area (TPSA) is 114 Å². The van der Waals surface area contributed by atoms with E-state index in [1.54, 1.807) is 24.3 Å². The molecule has 0 amide bonds. The summed E-state index contributed by atoms with van der Waals surface area (Å²) in [6.07, 6.45) is 0. The third-order valence-electron chi connectivity index (χ3n) is 3.05. The second kappa shape index (κ2) is 5.08. The van der Waals surface area contributed by atoms with Gasteiger partial charge < -0.3 is 10.4 Å². The van der Waals surface area contributed by atoms with Crippen LogP contribution in [0.15, 0.2) is 41.0 Å². The van der Waals surface area contributed by atoms with E-state index in [1.807, 2.05) is 0 Å². The molecule has 0 atom stereocenters. The molecule has 1 aromatic heterocycles. The zero-order chi connectivity index (χ0) is 14.8. The smallest absolute Gasteiger partial charge is 0.300 e. The van der Waals surface area contributed by atoms with Crippen molar-refractivity contribution in [1.82, 2.24) is 10.3 Å². The molecule has 0 saturated heterocycles. The van der Waals surface area contributed by atoms with Gasteiger partial charge in [0.25, 0.3) is 0 Å². The Bertz CT molecular complexity index is 815. The molecule has 8 heteroatoms. The summed E-state index contributed by atoms with van der Waals surface area (Å²) >= 11 is 0. The van der Waals surface area contributed by atoms with Gasteiger partial charge >= 0.3 is 5.69 Å². The third kappa shape index (κ3) is 2.34. The quantitative estimate of drug-likeness (QED) is 0.559. The van der Waals surface area contributed by atoms with E-state index in [9.17, 15) is 15.2 Å². The van der Waals surface area contributed by atoms with Gasteiger partial charge in [-0.05, 0) is 22.4 Å². The number of aromatic hydroxyl groups is 1. The fraction of sp³-hybridized carbons (Fsp3) is 0.0769. The largest absolute Gasteiger partial charge is 0.508 e. The number of phenolic OH excluding ortho intramolecular Hbond substituents is 1. The van der Waals surface area contributed by atoms with Crippen LogP contribution < -0.4 is 5.32 Å². The van der Waals surface area contributed by atoms with Crippen LogP contribution >= 0.6 is 0 Å². The van der Waals surface area contributed by atoms with Crippen LogP contribution in [0, 0.1) is 10.1 Å². The first-order valence-corrected chi connectivity index (χ1v) is 6.07. The monoisotopic (exact) mass is 286 g/mol. The molecule has 1 heterocycles. The Kier molecular flexibility index (Phi) is 3.11. The number of nitrogens with zero attached hydrogens (tertiary/aromatic N) is 3. The Morgan fingerprint density at radius 3 is 2.71 bits per heavy atom.